The summed E-state index contributed by atoms with van der Waals surface area (Å²) in [5.74, 6) is 0. The van der Waals surface area contributed by atoms with Crippen molar-refractivity contribution in [2.75, 3.05) is 53.4 Å². The van der Waals surface area contributed by atoms with E-state index in [2.05, 4.69) is 23.9 Å². The number of hydrogen-bond acceptors (Lipinski definition) is 4. The molecule has 1 heterocycles. The van der Waals surface area contributed by atoms with Gasteiger partial charge < -0.3 is 9.80 Å². The number of benzene rings is 1. The summed E-state index contributed by atoms with van der Waals surface area (Å²) in [6, 6.07) is 7.16. The first-order chi connectivity index (χ1) is 10.4. The maximum Gasteiger partial charge on any atom is 0.243 e. The number of hydrogen-bond donors (Lipinski definition) is 0. The second-order valence-corrected chi connectivity index (χ2v) is 8.16. The van der Waals surface area contributed by atoms with E-state index in [1.165, 1.54) is 0 Å². The van der Waals surface area contributed by atoms with Gasteiger partial charge >= 0.3 is 0 Å². The fraction of sp³-hybridized carbons (Fsp3) is 0.625. The maximum absolute atomic E-state index is 12.7. The fourth-order valence-corrected chi connectivity index (χ4v) is 4.26. The molecule has 1 saturated heterocycles. The Hall–Kier alpha value is -0.950. The minimum absolute atomic E-state index is 0.411. The minimum Gasteiger partial charge on any atom is -0.309 e. The largest absolute Gasteiger partial charge is 0.309 e. The predicted molar refractivity (Wildman–Crippen MR) is 89.5 cm³/mol. The second-order valence-electron chi connectivity index (χ2n) is 6.22. The molecular formula is C16H27N3O2S. The van der Waals surface area contributed by atoms with Crippen LogP contribution in [0.15, 0.2) is 29.2 Å². The second kappa shape index (κ2) is 7.55. The van der Waals surface area contributed by atoms with Crippen molar-refractivity contribution in [3.05, 3.63) is 29.8 Å². The van der Waals surface area contributed by atoms with Crippen molar-refractivity contribution in [1.29, 1.82) is 0 Å². The van der Waals surface area contributed by atoms with Crippen LogP contribution in [0.3, 0.4) is 0 Å². The zero-order valence-electron chi connectivity index (χ0n) is 13.8. The molecule has 0 spiro atoms. The summed E-state index contributed by atoms with van der Waals surface area (Å²) in [4.78, 5) is 4.94. The molecular weight excluding hydrogens is 298 g/mol. The van der Waals surface area contributed by atoms with Crippen LogP contribution in [0.25, 0.3) is 0 Å². The molecule has 1 aliphatic heterocycles. The van der Waals surface area contributed by atoms with E-state index in [0.29, 0.717) is 18.0 Å². The summed E-state index contributed by atoms with van der Waals surface area (Å²) in [6.07, 6.45) is 1.12. The molecule has 1 aromatic carbocycles. The average molecular weight is 325 g/mol. The van der Waals surface area contributed by atoms with Crippen molar-refractivity contribution in [1.82, 2.24) is 14.1 Å². The molecule has 22 heavy (non-hydrogen) atoms. The molecule has 0 radical (unpaired) electrons. The molecule has 0 saturated carbocycles. The van der Waals surface area contributed by atoms with Crippen LogP contribution >= 0.6 is 0 Å². The van der Waals surface area contributed by atoms with E-state index in [0.717, 1.165) is 38.2 Å². The van der Waals surface area contributed by atoms with Gasteiger partial charge in [0.25, 0.3) is 0 Å². The van der Waals surface area contributed by atoms with Gasteiger partial charge in [0.1, 0.15) is 0 Å². The van der Waals surface area contributed by atoms with E-state index in [4.69, 9.17) is 0 Å². The highest BCUT2D eigenvalue weighted by atomic mass is 32.2. The fourth-order valence-electron chi connectivity index (χ4n) is 2.73. The van der Waals surface area contributed by atoms with Crippen LogP contribution in [0.2, 0.25) is 0 Å². The third-order valence-electron chi connectivity index (χ3n) is 4.04. The van der Waals surface area contributed by atoms with Crippen LogP contribution in [-0.4, -0.2) is 75.9 Å². The number of sulfonamides is 1. The third-order valence-corrected chi connectivity index (χ3v) is 5.93. The Labute approximate surface area is 134 Å². The Morgan fingerprint density at radius 1 is 1.14 bits per heavy atom. The van der Waals surface area contributed by atoms with E-state index in [1.54, 1.807) is 22.5 Å². The lowest BCUT2D eigenvalue weighted by molar-refractivity contribution is 0.181. The Bertz CT molecular complexity index is 579. The lowest BCUT2D eigenvalue weighted by Gasteiger charge is -2.34. The molecule has 0 bridgehead atoms. The zero-order valence-corrected chi connectivity index (χ0v) is 14.6. The van der Waals surface area contributed by atoms with Gasteiger partial charge in [-0.15, -0.1) is 0 Å². The number of nitrogens with zero attached hydrogens (tertiary/aromatic N) is 3. The van der Waals surface area contributed by atoms with E-state index in [1.807, 2.05) is 13.0 Å². The first-order valence-electron chi connectivity index (χ1n) is 7.83. The summed E-state index contributed by atoms with van der Waals surface area (Å²) >= 11 is 0. The lowest BCUT2D eigenvalue weighted by atomic mass is 10.2. The van der Waals surface area contributed by atoms with Gasteiger partial charge in [-0.3, -0.25) is 0 Å². The van der Waals surface area contributed by atoms with Crippen molar-refractivity contribution in [2.45, 2.75) is 18.2 Å². The van der Waals surface area contributed by atoms with Crippen molar-refractivity contribution < 1.29 is 8.42 Å². The van der Waals surface area contributed by atoms with Crippen LogP contribution in [0, 0.1) is 6.92 Å². The Kier molecular flexibility index (Phi) is 5.97. The van der Waals surface area contributed by atoms with Crippen molar-refractivity contribution >= 4 is 10.0 Å². The summed E-state index contributed by atoms with van der Waals surface area (Å²) in [7, 11) is 0.808. The average Bonchev–Trinajstić information content (AvgIpc) is 2.47. The topological polar surface area (TPSA) is 43.9 Å². The van der Waals surface area contributed by atoms with Crippen LogP contribution in [0.4, 0.5) is 0 Å². The molecule has 0 N–H and O–H groups in total. The van der Waals surface area contributed by atoms with E-state index in [-0.39, 0.29) is 0 Å². The van der Waals surface area contributed by atoms with E-state index >= 15 is 0 Å². The lowest BCUT2D eigenvalue weighted by Crippen LogP contribution is -2.48. The van der Waals surface area contributed by atoms with Gasteiger partial charge in [0.2, 0.25) is 10.0 Å². The normalized spacial score (nSPS) is 18.0. The quantitative estimate of drug-likeness (QED) is 0.790. The molecule has 0 aromatic heterocycles. The van der Waals surface area contributed by atoms with Crippen LogP contribution in [0.5, 0.6) is 0 Å². The molecule has 6 heteroatoms. The first kappa shape index (κ1) is 17.4. The van der Waals surface area contributed by atoms with Gasteiger partial charge in [-0.2, -0.15) is 4.31 Å². The van der Waals surface area contributed by atoms with Crippen molar-refractivity contribution in [3.8, 4) is 0 Å². The van der Waals surface area contributed by atoms with Gasteiger partial charge in [-0.25, -0.2) is 8.42 Å². The van der Waals surface area contributed by atoms with E-state index in [9.17, 15) is 8.42 Å². The van der Waals surface area contributed by atoms with Gasteiger partial charge in [-0.05, 0) is 58.2 Å². The Balaban J connectivity index is 1.91. The van der Waals surface area contributed by atoms with Gasteiger partial charge in [0.05, 0.1) is 4.90 Å². The number of rotatable bonds is 6. The van der Waals surface area contributed by atoms with Gasteiger partial charge in [-0.1, -0.05) is 12.1 Å². The molecule has 1 fully saturated rings. The standard InChI is InChI=1S/C16H27N3O2S/c1-15-6-4-7-16(14-15)22(20,21)19-12-10-18(11-13-19)9-5-8-17(2)3/h4,6-7,14H,5,8-13H2,1-3H3. The van der Waals surface area contributed by atoms with Gasteiger partial charge in [0.15, 0.2) is 0 Å². The molecule has 0 atom stereocenters. The minimum atomic E-state index is -3.34. The third kappa shape index (κ3) is 4.52. The highest BCUT2D eigenvalue weighted by molar-refractivity contribution is 7.89. The van der Waals surface area contributed by atoms with Crippen LogP contribution in [0.1, 0.15) is 12.0 Å². The number of piperazine rings is 1. The monoisotopic (exact) mass is 325 g/mol. The van der Waals surface area contributed by atoms with Crippen LogP contribution < -0.4 is 0 Å². The molecule has 1 aromatic rings. The molecule has 124 valence electrons. The highest BCUT2D eigenvalue weighted by Gasteiger charge is 2.28. The Morgan fingerprint density at radius 3 is 2.41 bits per heavy atom. The van der Waals surface area contributed by atoms with E-state index < -0.39 is 10.0 Å². The SMILES string of the molecule is Cc1cccc(S(=O)(=O)N2CCN(CCCN(C)C)CC2)c1. The summed E-state index contributed by atoms with van der Waals surface area (Å²) in [6.45, 7) is 6.83. The zero-order chi connectivity index (χ0) is 16.2. The predicted octanol–water partition coefficient (Wildman–Crippen LogP) is 1.25. The molecule has 2 rings (SSSR count). The van der Waals surface area contributed by atoms with Gasteiger partial charge in [0, 0.05) is 26.2 Å². The highest BCUT2D eigenvalue weighted by Crippen LogP contribution is 2.18. The number of aryl methyl sites for hydroxylation is 1. The van der Waals surface area contributed by atoms with Crippen LogP contribution in [-0.2, 0) is 10.0 Å². The summed E-state index contributed by atoms with van der Waals surface area (Å²) < 4.78 is 26.9. The maximum atomic E-state index is 12.7. The van der Waals surface area contributed by atoms with Crippen molar-refractivity contribution in [2.24, 2.45) is 0 Å². The Morgan fingerprint density at radius 2 is 1.82 bits per heavy atom. The molecule has 0 unspecified atom stereocenters. The first-order valence-corrected chi connectivity index (χ1v) is 9.27. The molecule has 0 aliphatic carbocycles. The molecule has 1 aliphatic rings. The molecule has 5 nitrogen and oxygen atoms in total. The smallest absolute Gasteiger partial charge is 0.243 e. The van der Waals surface area contributed by atoms with Crippen molar-refractivity contribution in [3.63, 3.8) is 0 Å². The molecule has 0 amide bonds. The summed E-state index contributed by atoms with van der Waals surface area (Å²) in [5.41, 5.74) is 0.975. The summed E-state index contributed by atoms with van der Waals surface area (Å²) in [5, 5.41) is 0.